The lowest BCUT2D eigenvalue weighted by Crippen LogP contribution is -2.35. The van der Waals surface area contributed by atoms with Crippen molar-refractivity contribution in [2.24, 2.45) is 15.9 Å². The molecule has 57 heavy (non-hydrogen) atoms. The van der Waals surface area contributed by atoms with E-state index in [1.807, 2.05) is 60.7 Å². The van der Waals surface area contributed by atoms with E-state index in [1.54, 1.807) is 0 Å². The molecule has 0 saturated carbocycles. The predicted octanol–water partition coefficient (Wildman–Crippen LogP) is 11.8. The largest absolute Gasteiger partial charge is 0.456 e. The fourth-order valence-electron chi connectivity index (χ4n) is 7.74. The standard InChI is InChI=1S/C50H38N6O/c1-32-14-11-21-37(28-32)48-54-49(34-17-7-4-8-18-34)56(2)50(55-48)40-23-13-20-36(30-40)35-19-12-22-38(29-35)46-51-45(33-15-5-3-6-16-33)52-47(53-46)39-26-27-42-41-24-9-10-25-43(41)57-44(42)31-39/h3-13,15-32,49H,14H2,1-2H3. The summed E-state index contributed by atoms with van der Waals surface area (Å²) in [6.45, 7) is 2.23. The van der Waals surface area contributed by atoms with E-state index in [9.17, 15) is 0 Å². The van der Waals surface area contributed by atoms with Crippen LogP contribution >= 0.6 is 0 Å². The Labute approximate surface area is 331 Å². The van der Waals surface area contributed by atoms with Gasteiger partial charge in [0.1, 0.15) is 23.2 Å². The number of rotatable bonds is 7. The molecule has 2 unspecified atom stereocenters. The molecule has 2 atom stereocenters. The summed E-state index contributed by atoms with van der Waals surface area (Å²) in [4.78, 5) is 27.7. The lowest BCUT2D eigenvalue weighted by Gasteiger charge is -2.33. The van der Waals surface area contributed by atoms with Crippen molar-refractivity contribution in [3.05, 3.63) is 187 Å². The third-order valence-corrected chi connectivity index (χ3v) is 10.7. The van der Waals surface area contributed by atoms with E-state index in [0.29, 0.717) is 23.4 Å². The molecule has 2 aromatic heterocycles. The summed E-state index contributed by atoms with van der Waals surface area (Å²) in [5.41, 5.74) is 9.60. The number of para-hydroxylation sites is 1. The van der Waals surface area contributed by atoms with Crippen LogP contribution in [0.3, 0.4) is 0 Å². The maximum absolute atomic E-state index is 6.24. The second-order valence-electron chi connectivity index (χ2n) is 14.7. The van der Waals surface area contributed by atoms with Gasteiger partial charge in [0, 0.05) is 45.6 Å². The van der Waals surface area contributed by atoms with Crippen molar-refractivity contribution in [3.63, 3.8) is 0 Å². The summed E-state index contributed by atoms with van der Waals surface area (Å²) in [6, 6.07) is 51.7. The molecule has 2 aliphatic rings. The van der Waals surface area contributed by atoms with Gasteiger partial charge in [-0.05, 0) is 59.4 Å². The molecule has 0 saturated heterocycles. The summed E-state index contributed by atoms with van der Waals surface area (Å²) < 4.78 is 6.24. The Balaban J connectivity index is 1.04. The van der Waals surface area contributed by atoms with Crippen molar-refractivity contribution in [3.8, 4) is 45.3 Å². The first kappa shape index (κ1) is 34.3. The molecule has 8 aromatic rings. The fourth-order valence-corrected chi connectivity index (χ4v) is 7.74. The number of aromatic nitrogens is 3. The van der Waals surface area contributed by atoms with Crippen LogP contribution in [0.5, 0.6) is 0 Å². The smallest absolute Gasteiger partial charge is 0.164 e. The summed E-state index contributed by atoms with van der Waals surface area (Å²) in [6.07, 6.45) is 7.47. The molecule has 3 heterocycles. The van der Waals surface area contributed by atoms with E-state index in [-0.39, 0.29) is 6.17 Å². The van der Waals surface area contributed by atoms with Crippen LogP contribution in [-0.2, 0) is 0 Å². The number of allylic oxidation sites excluding steroid dienone is 2. The summed E-state index contributed by atoms with van der Waals surface area (Å²) in [7, 11) is 2.08. The third-order valence-electron chi connectivity index (χ3n) is 10.7. The first-order valence-corrected chi connectivity index (χ1v) is 19.3. The molecule has 0 spiro atoms. The van der Waals surface area contributed by atoms with E-state index in [2.05, 4.69) is 128 Å². The van der Waals surface area contributed by atoms with Gasteiger partial charge in [0.15, 0.2) is 23.3 Å². The number of hydrogen-bond donors (Lipinski definition) is 0. The number of amidine groups is 2. The van der Waals surface area contributed by atoms with Crippen molar-refractivity contribution < 1.29 is 4.42 Å². The zero-order valence-corrected chi connectivity index (χ0v) is 31.6. The molecular weight excluding hydrogens is 701 g/mol. The molecule has 7 heteroatoms. The van der Waals surface area contributed by atoms with Crippen molar-refractivity contribution in [1.29, 1.82) is 0 Å². The zero-order chi connectivity index (χ0) is 38.3. The van der Waals surface area contributed by atoms with E-state index in [0.717, 1.165) is 84.5 Å². The van der Waals surface area contributed by atoms with Crippen LogP contribution in [0.1, 0.15) is 30.6 Å². The van der Waals surface area contributed by atoms with Crippen molar-refractivity contribution >= 4 is 33.6 Å². The number of aliphatic imine (C=N–C) groups is 2. The Kier molecular flexibility index (Phi) is 8.68. The van der Waals surface area contributed by atoms with Gasteiger partial charge in [-0.25, -0.2) is 24.9 Å². The summed E-state index contributed by atoms with van der Waals surface area (Å²) in [5, 5.41) is 2.14. The van der Waals surface area contributed by atoms with Gasteiger partial charge in [-0.1, -0.05) is 146 Å². The van der Waals surface area contributed by atoms with Gasteiger partial charge < -0.3 is 9.32 Å². The Morgan fingerprint density at radius 2 is 1.16 bits per heavy atom. The Hall–Kier alpha value is -7.25. The summed E-state index contributed by atoms with van der Waals surface area (Å²) >= 11 is 0. The lowest BCUT2D eigenvalue weighted by atomic mass is 9.96. The monoisotopic (exact) mass is 738 g/mol. The average molecular weight is 739 g/mol. The SMILES string of the molecule is CC1C=C(C2=NC(c3ccccc3)N(C)C(c3cccc(-c4cccc(-c5nc(-c6ccccc6)nc(-c6ccc7c(c6)oc6ccccc67)n5)c4)c3)=N2)C=CC1. The highest BCUT2D eigenvalue weighted by molar-refractivity contribution is 6.14. The molecule has 1 aliphatic heterocycles. The molecule has 0 radical (unpaired) electrons. The Bertz CT molecular complexity index is 2930. The van der Waals surface area contributed by atoms with Crippen LogP contribution in [0.15, 0.2) is 190 Å². The molecule has 0 amide bonds. The molecule has 274 valence electrons. The normalized spacial score (nSPS) is 16.7. The molecule has 0 N–H and O–H groups in total. The van der Waals surface area contributed by atoms with E-state index >= 15 is 0 Å². The minimum atomic E-state index is -0.211. The Morgan fingerprint density at radius 3 is 1.91 bits per heavy atom. The zero-order valence-electron chi connectivity index (χ0n) is 31.6. The van der Waals surface area contributed by atoms with E-state index < -0.39 is 0 Å². The Morgan fingerprint density at radius 1 is 0.561 bits per heavy atom. The number of nitrogens with zero attached hydrogens (tertiary/aromatic N) is 6. The molecule has 7 nitrogen and oxygen atoms in total. The van der Waals surface area contributed by atoms with Gasteiger partial charge in [0.25, 0.3) is 0 Å². The first-order chi connectivity index (χ1) is 28.0. The van der Waals surface area contributed by atoms with Gasteiger partial charge in [0.05, 0.1) is 0 Å². The minimum Gasteiger partial charge on any atom is -0.456 e. The highest BCUT2D eigenvalue weighted by Crippen LogP contribution is 2.35. The predicted molar refractivity (Wildman–Crippen MR) is 231 cm³/mol. The highest BCUT2D eigenvalue weighted by Gasteiger charge is 2.27. The van der Waals surface area contributed by atoms with Crippen LogP contribution in [0.2, 0.25) is 0 Å². The van der Waals surface area contributed by atoms with E-state index in [4.69, 9.17) is 29.4 Å². The van der Waals surface area contributed by atoms with Crippen LogP contribution in [0.4, 0.5) is 0 Å². The maximum atomic E-state index is 6.24. The van der Waals surface area contributed by atoms with E-state index in [1.165, 1.54) is 0 Å². The molecule has 1 aliphatic carbocycles. The van der Waals surface area contributed by atoms with Crippen LogP contribution in [-0.4, -0.2) is 38.6 Å². The van der Waals surface area contributed by atoms with Crippen molar-refractivity contribution in [2.45, 2.75) is 19.5 Å². The van der Waals surface area contributed by atoms with Crippen LogP contribution < -0.4 is 0 Å². The molecule has 6 aromatic carbocycles. The van der Waals surface area contributed by atoms with Crippen LogP contribution in [0, 0.1) is 5.92 Å². The second kappa shape index (κ2) is 14.4. The van der Waals surface area contributed by atoms with Crippen molar-refractivity contribution in [2.75, 3.05) is 7.05 Å². The van der Waals surface area contributed by atoms with Crippen molar-refractivity contribution in [1.82, 2.24) is 19.9 Å². The second-order valence-corrected chi connectivity index (χ2v) is 14.7. The third kappa shape index (κ3) is 6.63. The first-order valence-electron chi connectivity index (χ1n) is 19.3. The summed E-state index contributed by atoms with van der Waals surface area (Å²) in [5.74, 6) is 3.83. The molecular formula is C50H38N6O. The fraction of sp³-hybridized carbons (Fsp3) is 0.100. The van der Waals surface area contributed by atoms with Gasteiger partial charge in [-0.2, -0.15) is 0 Å². The molecule has 0 fully saturated rings. The quantitative estimate of drug-likeness (QED) is 0.163. The number of hydrogen-bond acceptors (Lipinski definition) is 7. The van der Waals surface area contributed by atoms with Gasteiger partial charge in [-0.3, -0.25) is 0 Å². The van der Waals surface area contributed by atoms with Gasteiger partial charge in [0.2, 0.25) is 0 Å². The van der Waals surface area contributed by atoms with Gasteiger partial charge >= 0.3 is 0 Å². The molecule has 0 bridgehead atoms. The maximum Gasteiger partial charge on any atom is 0.164 e. The molecule has 10 rings (SSSR count). The van der Waals surface area contributed by atoms with Crippen LogP contribution in [0.25, 0.3) is 67.2 Å². The topological polar surface area (TPSA) is 79.8 Å². The number of fused-ring (bicyclic) bond motifs is 3. The lowest BCUT2D eigenvalue weighted by molar-refractivity contribution is 0.383. The average Bonchev–Trinajstić information content (AvgIpc) is 3.65. The minimum absolute atomic E-state index is 0.211. The van der Waals surface area contributed by atoms with Gasteiger partial charge in [-0.15, -0.1) is 0 Å². The number of furan rings is 1. The highest BCUT2D eigenvalue weighted by atomic mass is 16.3. The number of benzene rings is 6.